The van der Waals surface area contributed by atoms with Crippen molar-refractivity contribution in [2.24, 2.45) is 5.92 Å². The molecule has 7 nitrogen and oxygen atoms in total. The van der Waals surface area contributed by atoms with Gasteiger partial charge in [0.1, 0.15) is 0 Å². The largest absolute Gasteiger partial charge is 0.403 e. The molecule has 2 aliphatic heterocycles. The summed E-state index contributed by atoms with van der Waals surface area (Å²) in [5.74, 6) is 0.985. The summed E-state index contributed by atoms with van der Waals surface area (Å²) < 4.78 is 5.90. The number of hydrogen-bond donors (Lipinski definition) is 0. The van der Waals surface area contributed by atoms with E-state index in [-0.39, 0.29) is 5.92 Å². The second kappa shape index (κ2) is 8.95. The van der Waals surface area contributed by atoms with Crippen LogP contribution in [-0.2, 0) is 4.79 Å². The monoisotopic (exact) mass is 397 g/mol. The lowest BCUT2D eigenvalue weighted by atomic mass is 9.95. The van der Waals surface area contributed by atoms with Crippen molar-refractivity contribution in [3.63, 3.8) is 0 Å². The van der Waals surface area contributed by atoms with Crippen LogP contribution in [0.2, 0.25) is 0 Å². The van der Waals surface area contributed by atoms with Crippen molar-refractivity contribution in [2.75, 3.05) is 50.7 Å². The molecule has 29 heavy (non-hydrogen) atoms. The number of rotatable bonds is 5. The highest BCUT2D eigenvalue weighted by atomic mass is 16.4. The maximum absolute atomic E-state index is 12.9. The number of amides is 1. The molecule has 0 atom stereocenters. The summed E-state index contributed by atoms with van der Waals surface area (Å²) >= 11 is 0. The molecule has 0 spiro atoms. The van der Waals surface area contributed by atoms with Crippen LogP contribution in [0.3, 0.4) is 0 Å². The van der Waals surface area contributed by atoms with Crippen LogP contribution >= 0.6 is 0 Å². The molecule has 0 unspecified atom stereocenters. The van der Waals surface area contributed by atoms with Gasteiger partial charge in [0.05, 0.1) is 0 Å². The molecular weight excluding hydrogens is 366 g/mol. The van der Waals surface area contributed by atoms with Crippen LogP contribution < -0.4 is 4.90 Å². The van der Waals surface area contributed by atoms with Gasteiger partial charge < -0.3 is 14.2 Å². The molecule has 1 aromatic carbocycles. The lowest BCUT2D eigenvalue weighted by molar-refractivity contribution is -0.138. The minimum absolute atomic E-state index is 0.114. The lowest BCUT2D eigenvalue weighted by Crippen LogP contribution is -2.51. The Kier molecular flexibility index (Phi) is 6.13. The van der Waals surface area contributed by atoms with Crippen LogP contribution in [0, 0.1) is 12.8 Å². The van der Waals surface area contributed by atoms with E-state index in [0.717, 1.165) is 64.2 Å². The summed E-state index contributed by atoms with van der Waals surface area (Å²) in [6.45, 7) is 10.7. The van der Waals surface area contributed by atoms with E-state index in [9.17, 15) is 4.79 Å². The fourth-order valence-electron chi connectivity index (χ4n) is 4.24. The van der Waals surface area contributed by atoms with Gasteiger partial charge >= 0.3 is 6.01 Å². The number of piperidine rings is 1. The van der Waals surface area contributed by atoms with Crippen molar-refractivity contribution in [2.45, 2.75) is 33.1 Å². The number of nitrogens with zero attached hydrogens (tertiary/aromatic N) is 5. The first kappa shape index (κ1) is 19.9. The first-order valence-electron chi connectivity index (χ1n) is 10.8. The van der Waals surface area contributed by atoms with E-state index in [4.69, 9.17) is 4.42 Å². The highest BCUT2D eigenvalue weighted by Gasteiger charge is 2.31. The van der Waals surface area contributed by atoms with Crippen LogP contribution in [-0.4, -0.2) is 71.7 Å². The fraction of sp³-hybridized carbons (Fsp3) is 0.591. The van der Waals surface area contributed by atoms with E-state index in [0.29, 0.717) is 17.8 Å². The summed E-state index contributed by atoms with van der Waals surface area (Å²) in [6, 6.07) is 8.63. The van der Waals surface area contributed by atoms with Crippen molar-refractivity contribution < 1.29 is 9.21 Å². The Morgan fingerprint density at radius 1 is 1.03 bits per heavy atom. The van der Waals surface area contributed by atoms with E-state index < -0.39 is 0 Å². The van der Waals surface area contributed by atoms with Gasteiger partial charge in [-0.2, -0.15) is 0 Å². The number of carbonyl (C=O) groups excluding carboxylic acids is 1. The van der Waals surface area contributed by atoms with Crippen LogP contribution in [0.5, 0.6) is 0 Å². The molecular formula is C22H31N5O2. The highest BCUT2D eigenvalue weighted by Crippen LogP contribution is 2.27. The first-order chi connectivity index (χ1) is 14.1. The zero-order valence-corrected chi connectivity index (χ0v) is 17.5. The molecule has 0 N–H and O–H groups in total. The maximum atomic E-state index is 12.9. The first-order valence-corrected chi connectivity index (χ1v) is 10.8. The molecule has 0 bridgehead atoms. The molecule has 2 fully saturated rings. The molecule has 1 aromatic heterocycles. The third-order valence-corrected chi connectivity index (χ3v) is 6.05. The van der Waals surface area contributed by atoms with Crippen molar-refractivity contribution in [3.05, 3.63) is 29.8 Å². The Labute approximate surface area is 172 Å². The smallest absolute Gasteiger partial charge is 0.318 e. The van der Waals surface area contributed by atoms with Gasteiger partial charge in [-0.25, -0.2) is 0 Å². The van der Waals surface area contributed by atoms with Gasteiger partial charge in [0.15, 0.2) is 0 Å². The molecule has 0 radical (unpaired) electrons. The number of carbonyl (C=O) groups is 1. The van der Waals surface area contributed by atoms with Crippen LogP contribution in [0.25, 0.3) is 11.5 Å². The molecule has 1 amide bonds. The Balaban J connectivity index is 1.29. The van der Waals surface area contributed by atoms with Gasteiger partial charge in [-0.1, -0.05) is 29.7 Å². The molecule has 0 aliphatic carbocycles. The van der Waals surface area contributed by atoms with Crippen LogP contribution in [0.4, 0.5) is 6.01 Å². The second-order valence-corrected chi connectivity index (χ2v) is 8.18. The average Bonchev–Trinajstić information content (AvgIpc) is 3.25. The summed E-state index contributed by atoms with van der Waals surface area (Å²) in [5, 5.41) is 8.44. The molecule has 3 heterocycles. The normalized spacial score (nSPS) is 19.0. The predicted octanol–water partition coefficient (Wildman–Crippen LogP) is 2.82. The Morgan fingerprint density at radius 2 is 1.72 bits per heavy atom. The van der Waals surface area contributed by atoms with Crippen LogP contribution in [0.15, 0.2) is 28.7 Å². The predicted molar refractivity (Wildman–Crippen MR) is 113 cm³/mol. The number of anilines is 1. The summed E-state index contributed by atoms with van der Waals surface area (Å²) in [4.78, 5) is 19.5. The Hall–Kier alpha value is -2.41. The van der Waals surface area contributed by atoms with Gasteiger partial charge in [-0.15, -0.1) is 5.10 Å². The van der Waals surface area contributed by atoms with Crippen molar-refractivity contribution >= 4 is 11.9 Å². The van der Waals surface area contributed by atoms with Gasteiger partial charge in [0.2, 0.25) is 11.8 Å². The Bertz CT molecular complexity index is 803. The van der Waals surface area contributed by atoms with E-state index in [1.54, 1.807) is 0 Å². The second-order valence-electron chi connectivity index (χ2n) is 8.18. The van der Waals surface area contributed by atoms with Gasteiger partial charge in [-0.05, 0) is 44.9 Å². The van der Waals surface area contributed by atoms with Crippen LogP contribution in [0.1, 0.15) is 31.7 Å². The number of aromatic nitrogens is 2. The molecule has 0 saturated carbocycles. The van der Waals surface area contributed by atoms with Crippen molar-refractivity contribution in [3.8, 4) is 11.5 Å². The van der Waals surface area contributed by atoms with E-state index >= 15 is 0 Å². The topological polar surface area (TPSA) is 65.7 Å². The maximum Gasteiger partial charge on any atom is 0.318 e. The summed E-state index contributed by atoms with van der Waals surface area (Å²) in [6.07, 6.45) is 2.86. The summed E-state index contributed by atoms with van der Waals surface area (Å²) in [7, 11) is 0. The van der Waals surface area contributed by atoms with Gasteiger partial charge in [0.25, 0.3) is 0 Å². The summed E-state index contributed by atoms with van der Waals surface area (Å²) in [5.41, 5.74) is 2.13. The van der Waals surface area contributed by atoms with Crippen molar-refractivity contribution in [1.29, 1.82) is 0 Å². The zero-order chi connectivity index (χ0) is 20.2. The third-order valence-electron chi connectivity index (χ3n) is 6.05. The quantitative estimate of drug-likeness (QED) is 0.773. The molecule has 4 rings (SSSR count). The molecule has 7 heteroatoms. The SMILES string of the molecule is CCCN1CCN(C(=O)C2CCN(c3nnc(-c4ccc(C)cc4)o3)CC2)CC1. The number of benzene rings is 1. The third kappa shape index (κ3) is 4.61. The van der Waals surface area contributed by atoms with Crippen molar-refractivity contribution in [1.82, 2.24) is 20.0 Å². The standard InChI is InChI=1S/C22H31N5O2/c1-3-10-25-13-15-26(16-14-25)21(28)19-8-11-27(12-9-19)22-24-23-20(29-22)18-6-4-17(2)5-7-18/h4-7,19H,3,8-16H2,1-2H3. The number of hydrogen-bond acceptors (Lipinski definition) is 6. The number of piperazine rings is 1. The molecule has 2 saturated heterocycles. The van der Waals surface area contributed by atoms with E-state index in [1.807, 2.05) is 24.3 Å². The highest BCUT2D eigenvalue weighted by molar-refractivity contribution is 5.79. The lowest BCUT2D eigenvalue weighted by Gasteiger charge is -2.38. The minimum atomic E-state index is 0.114. The molecule has 2 aromatic rings. The average molecular weight is 398 g/mol. The fourth-order valence-corrected chi connectivity index (χ4v) is 4.24. The molecule has 2 aliphatic rings. The minimum Gasteiger partial charge on any atom is -0.403 e. The van der Waals surface area contributed by atoms with Gasteiger partial charge in [-0.3, -0.25) is 9.69 Å². The van der Waals surface area contributed by atoms with E-state index in [2.05, 4.69) is 38.7 Å². The Morgan fingerprint density at radius 3 is 2.38 bits per heavy atom. The van der Waals surface area contributed by atoms with E-state index in [1.165, 1.54) is 12.0 Å². The zero-order valence-electron chi connectivity index (χ0n) is 17.5. The van der Waals surface area contributed by atoms with Gasteiger partial charge in [0, 0.05) is 50.7 Å². The number of aryl methyl sites for hydroxylation is 1. The molecule has 156 valence electrons.